The smallest absolute Gasteiger partial charge is 0.0438 e. The number of benzene rings is 1. The lowest BCUT2D eigenvalue weighted by Crippen LogP contribution is -2.58. The van der Waals surface area contributed by atoms with Gasteiger partial charge in [-0.15, -0.1) is 0 Å². The van der Waals surface area contributed by atoms with Gasteiger partial charge in [0.05, 0.1) is 0 Å². The van der Waals surface area contributed by atoms with Crippen LogP contribution in [0.2, 0.25) is 5.02 Å². The maximum atomic E-state index is 6.52. The van der Waals surface area contributed by atoms with Crippen molar-refractivity contribution < 1.29 is 0 Å². The van der Waals surface area contributed by atoms with Crippen molar-refractivity contribution in [1.29, 1.82) is 0 Å². The molecular weight excluding hydrogens is 256 g/mol. The van der Waals surface area contributed by atoms with Gasteiger partial charge >= 0.3 is 0 Å². The monoisotopic (exact) mass is 282 g/mol. The molecule has 1 rings (SSSR count). The van der Waals surface area contributed by atoms with Gasteiger partial charge in [0.15, 0.2) is 0 Å². The zero-order valence-electron chi connectivity index (χ0n) is 12.6. The summed E-state index contributed by atoms with van der Waals surface area (Å²) in [5.74, 6) is 0. The number of rotatable bonds is 7. The molecule has 0 aliphatic heterocycles. The highest BCUT2D eigenvalue weighted by atomic mass is 35.5. The molecule has 0 saturated heterocycles. The zero-order valence-corrected chi connectivity index (χ0v) is 13.4. The van der Waals surface area contributed by atoms with Gasteiger partial charge in [-0.2, -0.15) is 0 Å². The molecule has 2 atom stereocenters. The third kappa shape index (κ3) is 3.71. The fourth-order valence-electron chi connectivity index (χ4n) is 2.79. The van der Waals surface area contributed by atoms with Gasteiger partial charge in [-0.1, -0.05) is 50.6 Å². The molecule has 0 spiro atoms. The van der Waals surface area contributed by atoms with Gasteiger partial charge in [0, 0.05) is 16.6 Å². The molecule has 1 aromatic carbocycles. The van der Waals surface area contributed by atoms with E-state index < -0.39 is 0 Å². The van der Waals surface area contributed by atoms with Gasteiger partial charge < -0.3 is 5.73 Å². The number of nitrogens with zero attached hydrogens (tertiary/aromatic N) is 1. The van der Waals surface area contributed by atoms with E-state index in [1.807, 2.05) is 18.2 Å². The second kappa shape index (κ2) is 7.28. The highest BCUT2D eigenvalue weighted by Gasteiger charge is 2.34. The molecule has 0 radical (unpaired) electrons. The quantitative estimate of drug-likeness (QED) is 0.826. The Morgan fingerprint density at radius 1 is 1.21 bits per heavy atom. The molecular formula is C16H27ClN2. The number of nitrogens with two attached hydrogens (primary N) is 1. The lowest BCUT2D eigenvalue weighted by atomic mass is 9.84. The molecule has 0 aliphatic rings. The highest BCUT2D eigenvalue weighted by molar-refractivity contribution is 6.31. The van der Waals surface area contributed by atoms with E-state index in [4.69, 9.17) is 17.3 Å². The topological polar surface area (TPSA) is 29.3 Å². The van der Waals surface area contributed by atoms with Crippen LogP contribution < -0.4 is 5.73 Å². The number of likely N-dealkylation sites (N-methyl/N-ethyl adjacent to an activating group) is 1. The Balaban J connectivity index is 2.90. The predicted molar refractivity (Wildman–Crippen MR) is 84.7 cm³/mol. The molecule has 0 aliphatic carbocycles. The minimum Gasteiger partial charge on any atom is -0.326 e. The molecule has 0 saturated carbocycles. The van der Waals surface area contributed by atoms with Gasteiger partial charge in [-0.25, -0.2) is 0 Å². The summed E-state index contributed by atoms with van der Waals surface area (Å²) in [5.41, 5.74) is 7.67. The molecule has 2 N–H and O–H groups in total. The highest BCUT2D eigenvalue weighted by Crippen LogP contribution is 2.26. The van der Waals surface area contributed by atoms with Gasteiger partial charge in [0.2, 0.25) is 0 Å². The van der Waals surface area contributed by atoms with E-state index in [9.17, 15) is 0 Å². The minimum absolute atomic E-state index is 0.0165. The van der Waals surface area contributed by atoms with Crippen LogP contribution in [0.25, 0.3) is 0 Å². The van der Waals surface area contributed by atoms with Crippen LogP contribution in [-0.2, 0) is 6.42 Å². The Bertz CT molecular complexity index is 390. The first-order chi connectivity index (χ1) is 8.99. The van der Waals surface area contributed by atoms with Crippen LogP contribution in [0, 0.1) is 0 Å². The molecule has 19 heavy (non-hydrogen) atoms. The first-order valence-electron chi connectivity index (χ1n) is 7.23. The minimum atomic E-state index is 0.0165. The number of halogens is 1. The van der Waals surface area contributed by atoms with Gasteiger partial charge in [-0.3, -0.25) is 4.90 Å². The standard InChI is InChI=1S/C16H27ClN2/c1-5-16(4,19(6-2)7-3)15(18)12-13-10-8-9-11-14(13)17/h8-11,15H,5-7,12,18H2,1-4H3. The molecule has 0 aromatic heterocycles. The summed E-state index contributed by atoms with van der Waals surface area (Å²) in [7, 11) is 0. The van der Waals surface area contributed by atoms with E-state index in [1.54, 1.807) is 0 Å². The molecule has 1 aromatic rings. The normalized spacial score (nSPS) is 16.4. The fourth-order valence-corrected chi connectivity index (χ4v) is 3.00. The van der Waals surface area contributed by atoms with Crippen molar-refractivity contribution >= 4 is 11.6 Å². The Morgan fingerprint density at radius 2 is 1.79 bits per heavy atom. The van der Waals surface area contributed by atoms with Gasteiger partial charge in [0.1, 0.15) is 0 Å². The summed E-state index contributed by atoms with van der Waals surface area (Å²) in [6.45, 7) is 10.9. The Morgan fingerprint density at radius 3 is 2.26 bits per heavy atom. The van der Waals surface area contributed by atoms with E-state index in [2.05, 4.69) is 38.7 Å². The van der Waals surface area contributed by atoms with E-state index >= 15 is 0 Å². The van der Waals surface area contributed by atoms with Crippen LogP contribution in [0.5, 0.6) is 0 Å². The van der Waals surface area contributed by atoms with Crippen LogP contribution in [-0.4, -0.2) is 29.6 Å². The summed E-state index contributed by atoms with van der Waals surface area (Å²) < 4.78 is 0. The van der Waals surface area contributed by atoms with E-state index in [0.717, 1.165) is 36.5 Å². The SMILES string of the molecule is CCN(CC)C(C)(CC)C(N)Cc1ccccc1Cl. The van der Waals surface area contributed by atoms with Crippen LogP contribution in [0.15, 0.2) is 24.3 Å². The zero-order chi connectivity index (χ0) is 14.5. The summed E-state index contributed by atoms with van der Waals surface area (Å²) in [6, 6.07) is 8.07. The fraction of sp³-hybridized carbons (Fsp3) is 0.625. The third-order valence-electron chi connectivity index (χ3n) is 4.40. The molecule has 0 heterocycles. The second-order valence-corrected chi connectivity index (χ2v) is 5.69. The average molecular weight is 283 g/mol. The van der Waals surface area contributed by atoms with Crippen LogP contribution in [0.4, 0.5) is 0 Å². The van der Waals surface area contributed by atoms with E-state index in [1.165, 1.54) is 0 Å². The van der Waals surface area contributed by atoms with Crippen molar-refractivity contribution in [2.24, 2.45) is 5.73 Å². The summed E-state index contributed by atoms with van der Waals surface area (Å²) in [6.07, 6.45) is 1.86. The maximum Gasteiger partial charge on any atom is 0.0438 e. The van der Waals surface area contributed by atoms with E-state index in [-0.39, 0.29) is 11.6 Å². The Kier molecular flexibility index (Phi) is 6.31. The van der Waals surface area contributed by atoms with Crippen molar-refractivity contribution in [2.75, 3.05) is 13.1 Å². The van der Waals surface area contributed by atoms with Crippen molar-refractivity contribution in [3.63, 3.8) is 0 Å². The summed E-state index contributed by atoms with van der Waals surface area (Å²) in [4.78, 5) is 2.45. The van der Waals surface area contributed by atoms with Crippen LogP contribution >= 0.6 is 11.6 Å². The maximum absolute atomic E-state index is 6.52. The van der Waals surface area contributed by atoms with Crippen molar-refractivity contribution in [3.8, 4) is 0 Å². The molecule has 3 heteroatoms. The van der Waals surface area contributed by atoms with Crippen LogP contribution in [0.3, 0.4) is 0 Å². The molecule has 2 nitrogen and oxygen atoms in total. The summed E-state index contributed by atoms with van der Waals surface area (Å²) >= 11 is 6.24. The third-order valence-corrected chi connectivity index (χ3v) is 4.77. The van der Waals surface area contributed by atoms with Gasteiger partial charge in [-0.05, 0) is 44.5 Å². The van der Waals surface area contributed by atoms with Crippen LogP contribution in [0.1, 0.15) is 39.7 Å². The molecule has 108 valence electrons. The average Bonchev–Trinajstić information content (AvgIpc) is 2.42. The first-order valence-corrected chi connectivity index (χ1v) is 7.61. The summed E-state index contributed by atoms with van der Waals surface area (Å²) in [5, 5.41) is 0.816. The second-order valence-electron chi connectivity index (χ2n) is 5.29. The molecule has 0 fully saturated rings. The number of hydrogen-bond donors (Lipinski definition) is 1. The first kappa shape index (κ1) is 16.5. The van der Waals surface area contributed by atoms with Gasteiger partial charge in [0.25, 0.3) is 0 Å². The van der Waals surface area contributed by atoms with Crippen molar-refractivity contribution in [1.82, 2.24) is 4.90 Å². The largest absolute Gasteiger partial charge is 0.326 e. The molecule has 0 amide bonds. The molecule has 2 unspecified atom stereocenters. The van der Waals surface area contributed by atoms with Crippen molar-refractivity contribution in [2.45, 2.75) is 52.1 Å². The van der Waals surface area contributed by atoms with E-state index in [0.29, 0.717) is 0 Å². The van der Waals surface area contributed by atoms with Crippen molar-refractivity contribution in [3.05, 3.63) is 34.9 Å². The number of hydrogen-bond acceptors (Lipinski definition) is 2. The Hall–Kier alpha value is -0.570. The predicted octanol–water partition coefficient (Wildman–Crippen LogP) is 3.72. The molecule has 0 bridgehead atoms. The lowest BCUT2D eigenvalue weighted by molar-refractivity contribution is 0.0845. The lowest BCUT2D eigenvalue weighted by Gasteiger charge is -2.44. The Labute approximate surface area is 122 Å².